The van der Waals surface area contributed by atoms with Crippen molar-refractivity contribution in [3.05, 3.63) is 95.8 Å². The fraction of sp³-hybridized carbons (Fsp3) is 0.125. The molecule has 144 valence electrons. The molecule has 0 saturated heterocycles. The van der Waals surface area contributed by atoms with Crippen LogP contribution in [0.15, 0.2) is 79.1 Å². The normalized spacial score (nSPS) is 10.6. The highest BCUT2D eigenvalue weighted by atomic mass is 15.1. The van der Waals surface area contributed by atoms with Crippen LogP contribution in [-0.4, -0.2) is 15.0 Å². The lowest BCUT2D eigenvalue weighted by atomic mass is 10.1. The van der Waals surface area contributed by atoms with Crippen molar-refractivity contribution >= 4 is 17.3 Å². The summed E-state index contributed by atoms with van der Waals surface area (Å²) in [5.41, 5.74) is 5.55. The smallest absolute Gasteiger partial charge is 0.163 e. The van der Waals surface area contributed by atoms with E-state index in [1.807, 2.05) is 48.5 Å². The van der Waals surface area contributed by atoms with Crippen LogP contribution in [0, 0.1) is 13.8 Å². The number of hydrogen-bond donors (Lipinski definition) is 2. The third kappa shape index (κ3) is 4.58. The van der Waals surface area contributed by atoms with Gasteiger partial charge in [-0.2, -0.15) is 0 Å². The number of aryl methyl sites for hydroxylation is 2. The van der Waals surface area contributed by atoms with Gasteiger partial charge in [-0.25, -0.2) is 9.97 Å². The second-order valence-electron chi connectivity index (χ2n) is 6.93. The van der Waals surface area contributed by atoms with Gasteiger partial charge in [0.1, 0.15) is 11.6 Å². The van der Waals surface area contributed by atoms with Crippen molar-refractivity contribution in [3.8, 4) is 11.4 Å². The number of pyridine rings is 1. The molecule has 0 fully saturated rings. The predicted molar refractivity (Wildman–Crippen MR) is 118 cm³/mol. The molecule has 0 aliphatic rings. The zero-order valence-corrected chi connectivity index (χ0v) is 16.6. The molecule has 29 heavy (non-hydrogen) atoms. The minimum absolute atomic E-state index is 0.663. The van der Waals surface area contributed by atoms with Gasteiger partial charge in [0, 0.05) is 36.3 Å². The van der Waals surface area contributed by atoms with Crippen molar-refractivity contribution in [2.24, 2.45) is 0 Å². The van der Waals surface area contributed by atoms with Crippen LogP contribution < -0.4 is 10.6 Å². The van der Waals surface area contributed by atoms with Gasteiger partial charge in [-0.15, -0.1) is 0 Å². The Labute approximate surface area is 170 Å². The molecule has 2 aromatic heterocycles. The fourth-order valence-corrected chi connectivity index (χ4v) is 3.15. The van der Waals surface area contributed by atoms with E-state index in [0.717, 1.165) is 28.5 Å². The molecule has 2 aromatic carbocycles. The zero-order valence-electron chi connectivity index (χ0n) is 16.6. The van der Waals surface area contributed by atoms with Gasteiger partial charge in [-0.3, -0.25) is 4.98 Å². The van der Waals surface area contributed by atoms with E-state index in [4.69, 9.17) is 9.97 Å². The Kier molecular flexibility index (Phi) is 5.47. The van der Waals surface area contributed by atoms with Gasteiger partial charge in [-0.05, 0) is 42.7 Å². The highest BCUT2D eigenvalue weighted by molar-refractivity contribution is 5.68. The van der Waals surface area contributed by atoms with E-state index in [-0.39, 0.29) is 0 Å². The summed E-state index contributed by atoms with van der Waals surface area (Å²) in [6, 6.07) is 22.2. The molecule has 0 radical (unpaired) electrons. The third-order valence-corrected chi connectivity index (χ3v) is 4.72. The quantitative estimate of drug-likeness (QED) is 0.461. The maximum atomic E-state index is 4.76. The van der Waals surface area contributed by atoms with E-state index in [1.165, 1.54) is 11.1 Å². The van der Waals surface area contributed by atoms with E-state index in [9.17, 15) is 0 Å². The second-order valence-corrected chi connectivity index (χ2v) is 6.93. The Morgan fingerprint density at radius 3 is 2.17 bits per heavy atom. The van der Waals surface area contributed by atoms with Crippen LogP contribution in [0.2, 0.25) is 0 Å². The number of aromatic nitrogens is 3. The van der Waals surface area contributed by atoms with Crippen molar-refractivity contribution in [1.82, 2.24) is 15.0 Å². The van der Waals surface area contributed by atoms with Gasteiger partial charge in [0.15, 0.2) is 5.82 Å². The van der Waals surface area contributed by atoms with Crippen LogP contribution in [0.1, 0.15) is 16.7 Å². The first-order valence-corrected chi connectivity index (χ1v) is 9.59. The molecule has 0 atom stereocenters. The van der Waals surface area contributed by atoms with Crippen LogP contribution in [0.3, 0.4) is 0 Å². The SMILES string of the molecule is Cc1cccc(C)c1Nc1cc(NCc2ccncc2)nc(-c2ccccc2)n1. The highest BCUT2D eigenvalue weighted by Gasteiger charge is 2.09. The second kappa shape index (κ2) is 8.52. The third-order valence-electron chi connectivity index (χ3n) is 4.72. The van der Waals surface area contributed by atoms with Crippen molar-refractivity contribution in [2.75, 3.05) is 10.6 Å². The maximum absolute atomic E-state index is 4.76. The van der Waals surface area contributed by atoms with Gasteiger partial charge in [0.2, 0.25) is 0 Å². The number of rotatable bonds is 6. The summed E-state index contributed by atoms with van der Waals surface area (Å²) < 4.78 is 0. The Balaban J connectivity index is 1.68. The molecule has 0 bridgehead atoms. The molecule has 5 nitrogen and oxygen atoms in total. The van der Waals surface area contributed by atoms with E-state index >= 15 is 0 Å². The van der Waals surface area contributed by atoms with Crippen molar-refractivity contribution in [1.29, 1.82) is 0 Å². The van der Waals surface area contributed by atoms with Crippen molar-refractivity contribution in [2.45, 2.75) is 20.4 Å². The number of nitrogens with one attached hydrogen (secondary N) is 2. The molecule has 0 unspecified atom stereocenters. The van der Waals surface area contributed by atoms with Crippen LogP contribution in [0.5, 0.6) is 0 Å². The Bertz CT molecular complexity index is 1070. The monoisotopic (exact) mass is 381 g/mol. The minimum atomic E-state index is 0.663. The first-order valence-electron chi connectivity index (χ1n) is 9.59. The highest BCUT2D eigenvalue weighted by Crippen LogP contribution is 2.26. The number of para-hydroxylation sites is 1. The standard InChI is InChI=1S/C24H23N5/c1-17-7-6-8-18(2)23(17)27-22-15-21(26-16-19-11-13-25-14-12-19)28-24(29-22)20-9-4-3-5-10-20/h3-15H,16H2,1-2H3,(H2,26,27,28,29). The number of benzene rings is 2. The Morgan fingerprint density at radius 1 is 0.759 bits per heavy atom. The molecule has 0 amide bonds. The summed E-state index contributed by atoms with van der Waals surface area (Å²) in [6.07, 6.45) is 3.58. The van der Waals surface area contributed by atoms with Gasteiger partial charge in [-0.1, -0.05) is 48.5 Å². The summed E-state index contributed by atoms with van der Waals surface area (Å²) in [6.45, 7) is 4.85. The van der Waals surface area contributed by atoms with Crippen LogP contribution in [0.4, 0.5) is 17.3 Å². The van der Waals surface area contributed by atoms with Crippen LogP contribution >= 0.6 is 0 Å². The van der Waals surface area contributed by atoms with E-state index in [2.05, 4.69) is 47.7 Å². The van der Waals surface area contributed by atoms with Gasteiger partial charge in [0.05, 0.1) is 0 Å². The zero-order chi connectivity index (χ0) is 20.1. The van der Waals surface area contributed by atoms with E-state index in [0.29, 0.717) is 12.4 Å². The summed E-state index contributed by atoms with van der Waals surface area (Å²) in [5.74, 6) is 2.21. The van der Waals surface area contributed by atoms with Crippen molar-refractivity contribution < 1.29 is 0 Å². The molecule has 4 rings (SSSR count). The summed E-state index contributed by atoms with van der Waals surface area (Å²) in [7, 11) is 0. The van der Waals surface area contributed by atoms with Gasteiger partial charge < -0.3 is 10.6 Å². The van der Waals surface area contributed by atoms with Gasteiger partial charge >= 0.3 is 0 Å². The lowest BCUT2D eigenvalue weighted by Gasteiger charge is -2.15. The molecular weight excluding hydrogens is 358 g/mol. The average molecular weight is 381 g/mol. The number of anilines is 3. The number of nitrogens with zero attached hydrogens (tertiary/aromatic N) is 3. The predicted octanol–water partition coefficient (Wildman–Crippen LogP) is 5.51. The van der Waals surface area contributed by atoms with E-state index < -0.39 is 0 Å². The Morgan fingerprint density at radius 2 is 1.45 bits per heavy atom. The molecular formula is C24H23N5. The average Bonchev–Trinajstić information content (AvgIpc) is 2.76. The molecule has 0 aliphatic heterocycles. The first-order chi connectivity index (χ1) is 14.2. The molecule has 0 aliphatic carbocycles. The molecule has 0 saturated carbocycles. The molecule has 2 heterocycles. The summed E-state index contributed by atoms with van der Waals surface area (Å²) >= 11 is 0. The minimum Gasteiger partial charge on any atom is -0.366 e. The van der Waals surface area contributed by atoms with Crippen molar-refractivity contribution in [3.63, 3.8) is 0 Å². The lowest BCUT2D eigenvalue weighted by molar-refractivity contribution is 1.08. The fourth-order valence-electron chi connectivity index (χ4n) is 3.15. The Hall–Kier alpha value is -3.73. The van der Waals surface area contributed by atoms with Crippen LogP contribution in [0.25, 0.3) is 11.4 Å². The molecule has 0 spiro atoms. The summed E-state index contributed by atoms with van der Waals surface area (Å²) in [5, 5.41) is 6.90. The molecule has 4 aromatic rings. The first kappa shape index (κ1) is 18.6. The molecule has 2 N–H and O–H groups in total. The topological polar surface area (TPSA) is 62.7 Å². The summed E-state index contributed by atoms with van der Waals surface area (Å²) in [4.78, 5) is 13.6. The van der Waals surface area contributed by atoms with E-state index in [1.54, 1.807) is 12.4 Å². The lowest BCUT2D eigenvalue weighted by Crippen LogP contribution is -2.06. The largest absolute Gasteiger partial charge is 0.366 e. The number of hydrogen-bond acceptors (Lipinski definition) is 5. The molecule has 5 heteroatoms. The van der Waals surface area contributed by atoms with Gasteiger partial charge in [0.25, 0.3) is 0 Å². The maximum Gasteiger partial charge on any atom is 0.163 e. The van der Waals surface area contributed by atoms with Crippen LogP contribution in [-0.2, 0) is 6.54 Å².